The zero-order valence-corrected chi connectivity index (χ0v) is 13.1. The van der Waals surface area contributed by atoms with Crippen molar-refractivity contribution < 1.29 is 14.6 Å². The van der Waals surface area contributed by atoms with Crippen LogP contribution in [-0.2, 0) is 12.8 Å². The number of nitrogens with zero attached hydrogens (tertiary/aromatic N) is 1. The van der Waals surface area contributed by atoms with Crippen LogP contribution in [-0.4, -0.2) is 24.3 Å². The van der Waals surface area contributed by atoms with Crippen LogP contribution in [0.4, 0.5) is 0 Å². The highest BCUT2D eigenvalue weighted by atomic mass is 32.1. The SMILES string of the molecule is COc1ccc(Cc2nc3c(s2)C(O)CCC3)cc1OC. The Labute approximate surface area is 128 Å². The van der Waals surface area contributed by atoms with E-state index in [1.165, 1.54) is 0 Å². The third kappa shape index (κ3) is 2.89. The van der Waals surface area contributed by atoms with Gasteiger partial charge in [-0.2, -0.15) is 0 Å². The van der Waals surface area contributed by atoms with Crippen molar-refractivity contribution in [2.75, 3.05) is 14.2 Å². The summed E-state index contributed by atoms with van der Waals surface area (Å²) in [5, 5.41) is 11.1. The van der Waals surface area contributed by atoms with E-state index in [-0.39, 0.29) is 6.10 Å². The maximum atomic E-state index is 10.0. The van der Waals surface area contributed by atoms with Crippen LogP contribution in [0.15, 0.2) is 18.2 Å². The second-order valence-electron chi connectivity index (χ2n) is 5.19. The second-order valence-corrected chi connectivity index (χ2v) is 6.31. The lowest BCUT2D eigenvalue weighted by molar-refractivity contribution is 0.160. The molecule has 1 aliphatic carbocycles. The summed E-state index contributed by atoms with van der Waals surface area (Å²) in [5.41, 5.74) is 2.21. The van der Waals surface area contributed by atoms with Crippen molar-refractivity contribution in [3.8, 4) is 11.5 Å². The standard InChI is InChI=1S/C16H19NO3S/c1-19-13-7-6-10(8-14(13)20-2)9-15-17-11-4-3-5-12(18)16(11)21-15/h6-8,12,18H,3-5,9H2,1-2H3. The summed E-state index contributed by atoms with van der Waals surface area (Å²) >= 11 is 1.63. The van der Waals surface area contributed by atoms with Crippen LogP contribution >= 0.6 is 11.3 Å². The van der Waals surface area contributed by atoms with Crippen molar-refractivity contribution in [1.82, 2.24) is 4.98 Å². The van der Waals surface area contributed by atoms with Crippen molar-refractivity contribution in [2.45, 2.75) is 31.8 Å². The number of fused-ring (bicyclic) bond motifs is 1. The van der Waals surface area contributed by atoms with Gasteiger partial charge in [-0.05, 0) is 37.0 Å². The minimum Gasteiger partial charge on any atom is -0.493 e. The first-order valence-electron chi connectivity index (χ1n) is 7.08. The lowest BCUT2D eigenvalue weighted by Crippen LogP contribution is -2.06. The molecule has 2 aromatic rings. The number of aliphatic hydroxyl groups excluding tert-OH is 1. The van der Waals surface area contributed by atoms with Crippen molar-refractivity contribution >= 4 is 11.3 Å². The summed E-state index contributed by atoms with van der Waals surface area (Å²) in [7, 11) is 3.27. The molecule has 0 bridgehead atoms. The summed E-state index contributed by atoms with van der Waals surface area (Å²) in [4.78, 5) is 5.73. The molecule has 0 saturated carbocycles. The van der Waals surface area contributed by atoms with Crippen molar-refractivity contribution in [1.29, 1.82) is 0 Å². The fraction of sp³-hybridized carbons (Fsp3) is 0.438. The fourth-order valence-corrected chi connectivity index (χ4v) is 3.86. The first-order chi connectivity index (χ1) is 10.2. The third-order valence-electron chi connectivity index (χ3n) is 3.77. The van der Waals surface area contributed by atoms with E-state index in [1.54, 1.807) is 25.6 Å². The Bertz CT molecular complexity index is 638. The van der Waals surface area contributed by atoms with Gasteiger partial charge in [-0.25, -0.2) is 4.98 Å². The number of thiazole rings is 1. The molecule has 1 unspecified atom stereocenters. The molecule has 0 saturated heterocycles. The molecule has 0 fully saturated rings. The van der Waals surface area contributed by atoms with Crippen LogP contribution in [0.1, 0.15) is 40.1 Å². The van der Waals surface area contributed by atoms with Crippen LogP contribution in [0.3, 0.4) is 0 Å². The number of aromatic nitrogens is 1. The minimum atomic E-state index is -0.328. The van der Waals surface area contributed by atoms with Gasteiger partial charge in [0.1, 0.15) is 0 Å². The minimum absolute atomic E-state index is 0.328. The molecular formula is C16H19NO3S. The topological polar surface area (TPSA) is 51.6 Å². The van der Waals surface area contributed by atoms with Gasteiger partial charge in [-0.3, -0.25) is 0 Å². The number of ether oxygens (including phenoxy) is 2. The van der Waals surface area contributed by atoms with E-state index < -0.39 is 0 Å². The number of benzene rings is 1. The summed E-state index contributed by atoms with van der Waals surface area (Å²) in [5.74, 6) is 1.46. The number of aryl methyl sites for hydroxylation is 1. The van der Waals surface area contributed by atoms with Crippen molar-refractivity contribution in [3.05, 3.63) is 39.3 Å². The van der Waals surface area contributed by atoms with E-state index in [1.807, 2.05) is 18.2 Å². The lowest BCUT2D eigenvalue weighted by atomic mass is 10.0. The molecule has 112 valence electrons. The predicted octanol–water partition coefficient (Wildman–Crippen LogP) is 3.12. The fourth-order valence-electron chi connectivity index (χ4n) is 2.69. The third-order valence-corrected chi connectivity index (χ3v) is 4.97. The molecule has 1 aliphatic rings. The molecule has 0 radical (unpaired) electrons. The molecule has 0 aliphatic heterocycles. The monoisotopic (exact) mass is 305 g/mol. The lowest BCUT2D eigenvalue weighted by Gasteiger charge is -2.14. The van der Waals surface area contributed by atoms with Crippen molar-refractivity contribution in [3.63, 3.8) is 0 Å². The number of rotatable bonds is 4. The van der Waals surface area contributed by atoms with Gasteiger partial charge in [-0.15, -0.1) is 11.3 Å². The molecule has 5 heteroatoms. The molecule has 4 nitrogen and oxygen atoms in total. The van der Waals surface area contributed by atoms with E-state index >= 15 is 0 Å². The van der Waals surface area contributed by atoms with E-state index in [9.17, 15) is 5.11 Å². The summed E-state index contributed by atoms with van der Waals surface area (Å²) in [6.07, 6.45) is 3.28. The maximum Gasteiger partial charge on any atom is 0.160 e. The Kier molecular flexibility index (Phi) is 4.12. The summed E-state index contributed by atoms with van der Waals surface area (Å²) in [6.45, 7) is 0. The van der Waals surface area contributed by atoms with Gasteiger partial charge in [0.2, 0.25) is 0 Å². The largest absolute Gasteiger partial charge is 0.493 e. The molecule has 3 rings (SSSR count). The van der Waals surface area contributed by atoms with Crippen LogP contribution in [0.2, 0.25) is 0 Å². The molecule has 21 heavy (non-hydrogen) atoms. The Morgan fingerprint density at radius 1 is 1.29 bits per heavy atom. The van der Waals surface area contributed by atoms with Gasteiger partial charge < -0.3 is 14.6 Å². The molecule has 0 amide bonds. The highest BCUT2D eigenvalue weighted by Crippen LogP contribution is 2.35. The van der Waals surface area contributed by atoms with Gasteiger partial charge in [-0.1, -0.05) is 6.07 Å². The van der Waals surface area contributed by atoms with E-state index in [2.05, 4.69) is 4.98 Å². The molecule has 1 heterocycles. The van der Waals surface area contributed by atoms with E-state index in [0.717, 1.165) is 58.3 Å². The normalized spacial score (nSPS) is 17.4. The molecule has 1 aromatic carbocycles. The van der Waals surface area contributed by atoms with Gasteiger partial charge in [0, 0.05) is 6.42 Å². The number of hydrogen-bond acceptors (Lipinski definition) is 5. The van der Waals surface area contributed by atoms with Crippen LogP contribution in [0.25, 0.3) is 0 Å². The van der Waals surface area contributed by atoms with Crippen molar-refractivity contribution in [2.24, 2.45) is 0 Å². The average Bonchev–Trinajstić information content (AvgIpc) is 2.91. The summed E-state index contributed by atoms with van der Waals surface area (Å²) in [6, 6.07) is 5.92. The second kappa shape index (κ2) is 6.03. The Hall–Kier alpha value is -1.59. The van der Waals surface area contributed by atoms with Crippen LogP contribution in [0.5, 0.6) is 11.5 Å². The molecule has 1 atom stereocenters. The number of methoxy groups -OCH3 is 2. The van der Waals surface area contributed by atoms with E-state index in [4.69, 9.17) is 9.47 Å². The molecule has 0 spiro atoms. The highest BCUT2D eigenvalue weighted by molar-refractivity contribution is 7.11. The van der Waals surface area contributed by atoms with Gasteiger partial charge in [0.15, 0.2) is 11.5 Å². The summed E-state index contributed by atoms with van der Waals surface area (Å²) < 4.78 is 10.6. The molecule has 1 N–H and O–H groups in total. The average molecular weight is 305 g/mol. The van der Waals surface area contributed by atoms with Gasteiger partial charge in [0.25, 0.3) is 0 Å². The number of aliphatic hydroxyl groups is 1. The Morgan fingerprint density at radius 3 is 2.81 bits per heavy atom. The first kappa shape index (κ1) is 14.4. The van der Waals surface area contributed by atoms with Gasteiger partial charge in [0.05, 0.1) is 35.9 Å². The highest BCUT2D eigenvalue weighted by Gasteiger charge is 2.22. The Morgan fingerprint density at radius 2 is 2.10 bits per heavy atom. The van der Waals surface area contributed by atoms with Crippen LogP contribution < -0.4 is 9.47 Å². The van der Waals surface area contributed by atoms with E-state index in [0.29, 0.717) is 0 Å². The smallest absolute Gasteiger partial charge is 0.160 e. The van der Waals surface area contributed by atoms with Gasteiger partial charge >= 0.3 is 0 Å². The predicted molar refractivity (Wildman–Crippen MR) is 82.4 cm³/mol. The maximum absolute atomic E-state index is 10.0. The zero-order chi connectivity index (χ0) is 14.8. The quantitative estimate of drug-likeness (QED) is 0.943. The first-order valence-corrected chi connectivity index (χ1v) is 7.90. The Balaban J connectivity index is 1.84. The zero-order valence-electron chi connectivity index (χ0n) is 12.3. The van der Waals surface area contributed by atoms with Crippen LogP contribution in [0, 0.1) is 0 Å². The molecular weight excluding hydrogens is 286 g/mol. The number of hydrogen-bond donors (Lipinski definition) is 1. The molecule has 1 aromatic heterocycles.